The number of rotatable bonds is 4. The molecule has 0 saturated carbocycles. The normalized spacial score (nSPS) is 10.2. The second-order valence-electron chi connectivity index (χ2n) is 5.56. The van der Waals surface area contributed by atoms with Crippen LogP contribution >= 0.6 is 0 Å². The Bertz CT molecular complexity index is 1050. The number of aromatic nitrogens is 2. The van der Waals surface area contributed by atoms with Crippen LogP contribution in [-0.2, 0) is 0 Å². The first kappa shape index (κ1) is 17.0. The molecular formula is C19H13FN4O2. The fraction of sp³-hybridized carbons (Fsp3) is 0.0526. The Hall–Kier alpha value is -3.79. The van der Waals surface area contributed by atoms with E-state index < -0.39 is 11.7 Å². The summed E-state index contributed by atoms with van der Waals surface area (Å²) in [7, 11) is 0. The van der Waals surface area contributed by atoms with Gasteiger partial charge in [-0.3, -0.25) is 9.59 Å². The van der Waals surface area contributed by atoms with Crippen LogP contribution in [0.25, 0.3) is 10.5 Å². The minimum Gasteiger partial charge on any atom is -0.321 e. The Morgan fingerprint density at radius 3 is 2.81 bits per heavy atom. The third-order valence-corrected chi connectivity index (χ3v) is 3.58. The summed E-state index contributed by atoms with van der Waals surface area (Å²) in [5, 5.41) is 6.86. The maximum Gasteiger partial charge on any atom is 0.274 e. The van der Waals surface area contributed by atoms with E-state index in [0.29, 0.717) is 23.4 Å². The van der Waals surface area contributed by atoms with Crippen LogP contribution in [0.4, 0.5) is 15.8 Å². The van der Waals surface area contributed by atoms with Crippen molar-refractivity contribution in [3.05, 3.63) is 82.7 Å². The van der Waals surface area contributed by atoms with Gasteiger partial charge < -0.3 is 5.32 Å². The number of hydrogen-bond acceptors (Lipinski definition) is 3. The van der Waals surface area contributed by atoms with Gasteiger partial charge in [-0.1, -0.05) is 12.1 Å². The number of aryl methyl sites for hydroxylation is 1. The number of nitrogens with one attached hydrogen (secondary N) is 1. The number of aldehydes is 1. The van der Waals surface area contributed by atoms with Gasteiger partial charge >= 0.3 is 0 Å². The standard InChI is InChI=1S/C19H13FN4O2/c1-12-6-18(24(23-12)17-5-3-4-15(10-17)21-2)19(26)22-16-8-13(11-25)7-14(20)9-16/h3-11H,1H3,(H,22,26). The van der Waals surface area contributed by atoms with Gasteiger partial charge in [0, 0.05) is 11.3 Å². The second kappa shape index (κ2) is 6.99. The van der Waals surface area contributed by atoms with E-state index in [0.717, 1.165) is 12.1 Å². The number of nitrogens with zero attached hydrogens (tertiary/aromatic N) is 3. The molecule has 128 valence electrons. The Kier molecular flexibility index (Phi) is 4.58. The summed E-state index contributed by atoms with van der Waals surface area (Å²) in [6.45, 7) is 8.84. The molecule has 7 heteroatoms. The molecule has 26 heavy (non-hydrogen) atoms. The summed E-state index contributed by atoms with van der Waals surface area (Å²) < 4.78 is 15.0. The van der Waals surface area contributed by atoms with Gasteiger partial charge in [0.1, 0.15) is 17.8 Å². The molecule has 1 aromatic heterocycles. The number of anilines is 1. The van der Waals surface area contributed by atoms with Gasteiger partial charge in [-0.15, -0.1) is 0 Å². The van der Waals surface area contributed by atoms with Crippen molar-refractivity contribution in [2.45, 2.75) is 6.92 Å². The number of carbonyl (C=O) groups excluding carboxylic acids is 2. The first-order valence-corrected chi connectivity index (χ1v) is 7.62. The molecule has 0 aliphatic heterocycles. The van der Waals surface area contributed by atoms with E-state index in [1.807, 2.05) is 0 Å². The average Bonchev–Trinajstić information content (AvgIpc) is 3.03. The zero-order valence-corrected chi connectivity index (χ0v) is 13.7. The molecule has 2 aromatic carbocycles. The zero-order chi connectivity index (χ0) is 18.7. The van der Waals surface area contributed by atoms with Gasteiger partial charge in [-0.05, 0) is 43.3 Å². The average molecular weight is 348 g/mol. The van der Waals surface area contributed by atoms with Crippen molar-refractivity contribution in [2.24, 2.45) is 0 Å². The molecule has 0 aliphatic carbocycles. The van der Waals surface area contributed by atoms with Gasteiger partial charge in [0.25, 0.3) is 5.91 Å². The summed E-state index contributed by atoms with van der Waals surface area (Å²) in [6, 6.07) is 11.9. The molecule has 6 nitrogen and oxygen atoms in total. The number of amides is 1. The highest BCUT2D eigenvalue weighted by atomic mass is 19.1. The van der Waals surface area contributed by atoms with Gasteiger partial charge in [-0.25, -0.2) is 13.9 Å². The minimum absolute atomic E-state index is 0.120. The molecule has 0 radical (unpaired) electrons. The topological polar surface area (TPSA) is 68.3 Å². The maximum absolute atomic E-state index is 13.5. The summed E-state index contributed by atoms with van der Waals surface area (Å²) in [6.07, 6.45) is 0.503. The van der Waals surface area contributed by atoms with E-state index in [4.69, 9.17) is 6.57 Å². The van der Waals surface area contributed by atoms with Gasteiger partial charge in [-0.2, -0.15) is 5.10 Å². The predicted octanol–water partition coefficient (Wildman–Crippen LogP) is 3.94. The van der Waals surface area contributed by atoms with Gasteiger partial charge in [0.05, 0.1) is 18.0 Å². The highest BCUT2D eigenvalue weighted by molar-refractivity contribution is 6.03. The molecule has 1 amide bonds. The lowest BCUT2D eigenvalue weighted by molar-refractivity contribution is 0.101. The Labute approximate surface area is 148 Å². The van der Waals surface area contributed by atoms with Crippen molar-refractivity contribution < 1.29 is 14.0 Å². The highest BCUT2D eigenvalue weighted by Crippen LogP contribution is 2.20. The van der Waals surface area contributed by atoms with E-state index in [1.54, 1.807) is 37.3 Å². The molecule has 0 bridgehead atoms. The molecule has 0 aliphatic rings. The molecule has 3 aromatic rings. The number of benzene rings is 2. The Morgan fingerprint density at radius 2 is 2.08 bits per heavy atom. The smallest absolute Gasteiger partial charge is 0.274 e. The molecule has 0 unspecified atom stereocenters. The van der Waals surface area contributed by atoms with Crippen LogP contribution in [-0.4, -0.2) is 22.0 Å². The third-order valence-electron chi connectivity index (χ3n) is 3.58. The van der Waals surface area contributed by atoms with Crippen LogP contribution in [0.15, 0.2) is 48.5 Å². The van der Waals surface area contributed by atoms with Crippen LogP contribution in [0.3, 0.4) is 0 Å². The lowest BCUT2D eigenvalue weighted by Gasteiger charge is -2.09. The van der Waals surface area contributed by atoms with Crippen molar-refractivity contribution in [3.63, 3.8) is 0 Å². The van der Waals surface area contributed by atoms with Gasteiger partial charge in [0.15, 0.2) is 5.69 Å². The second-order valence-corrected chi connectivity index (χ2v) is 5.56. The lowest BCUT2D eigenvalue weighted by atomic mass is 10.2. The first-order valence-electron chi connectivity index (χ1n) is 7.62. The van der Waals surface area contributed by atoms with Crippen molar-refractivity contribution in [1.82, 2.24) is 9.78 Å². The van der Waals surface area contributed by atoms with Crippen LogP contribution < -0.4 is 5.32 Å². The van der Waals surface area contributed by atoms with E-state index in [1.165, 1.54) is 10.7 Å². The summed E-state index contributed by atoms with van der Waals surface area (Å²) in [5.41, 5.74) is 2.09. The minimum atomic E-state index is -0.626. The van der Waals surface area contributed by atoms with Crippen molar-refractivity contribution in [2.75, 3.05) is 5.32 Å². The summed E-state index contributed by atoms with van der Waals surface area (Å²) in [5.74, 6) is -1.14. The molecular weight excluding hydrogens is 335 g/mol. The molecule has 0 atom stereocenters. The van der Waals surface area contributed by atoms with Crippen molar-refractivity contribution in [3.8, 4) is 5.69 Å². The van der Waals surface area contributed by atoms with Crippen molar-refractivity contribution >= 4 is 23.6 Å². The molecule has 0 saturated heterocycles. The third kappa shape index (κ3) is 3.49. The summed E-state index contributed by atoms with van der Waals surface area (Å²) >= 11 is 0. The number of halogens is 1. The molecule has 1 heterocycles. The highest BCUT2D eigenvalue weighted by Gasteiger charge is 2.16. The molecule has 3 rings (SSSR count). The monoisotopic (exact) mass is 348 g/mol. The first-order chi connectivity index (χ1) is 12.5. The predicted molar refractivity (Wildman–Crippen MR) is 94.3 cm³/mol. The van der Waals surface area contributed by atoms with E-state index in [-0.39, 0.29) is 16.9 Å². The maximum atomic E-state index is 13.5. The number of carbonyl (C=O) groups is 2. The van der Waals surface area contributed by atoms with Crippen LogP contribution in [0, 0.1) is 19.3 Å². The largest absolute Gasteiger partial charge is 0.321 e. The van der Waals surface area contributed by atoms with Crippen LogP contribution in [0.1, 0.15) is 26.5 Å². The Balaban J connectivity index is 1.97. The molecule has 0 fully saturated rings. The van der Waals surface area contributed by atoms with Crippen LogP contribution in [0.5, 0.6) is 0 Å². The van der Waals surface area contributed by atoms with Crippen molar-refractivity contribution in [1.29, 1.82) is 0 Å². The fourth-order valence-electron chi connectivity index (χ4n) is 2.50. The Morgan fingerprint density at radius 1 is 1.27 bits per heavy atom. The fourth-order valence-corrected chi connectivity index (χ4v) is 2.50. The molecule has 0 spiro atoms. The number of hydrogen-bond donors (Lipinski definition) is 1. The van der Waals surface area contributed by atoms with Gasteiger partial charge in [0.2, 0.25) is 0 Å². The van der Waals surface area contributed by atoms with E-state index in [2.05, 4.69) is 15.3 Å². The lowest BCUT2D eigenvalue weighted by Crippen LogP contribution is -2.17. The van der Waals surface area contributed by atoms with Crippen LogP contribution in [0.2, 0.25) is 0 Å². The van der Waals surface area contributed by atoms with E-state index >= 15 is 0 Å². The quantitative estimate of drug-likeness (QED) is 0.574. The SMILES string of the molecule is [C-]#[N+]c1cccc(-n2nc(C)cc2C(=O)Nc2cc(F)cc(C=O)c2)c1. The zero-order valence-electron chi connectivity index (χ0n) is 13.7. The van der Waals surface area contributed by atoms with E-state index in [9.17, 15) is 14.0 Å². The molecule has 1 N–H and O–H groups in total. The summed E-state index contributed by atoms with van der Waals surface area (Å²) in [4.78, 5) is 26.9.